The maximum Gasteiger partial charge on any atom is 0.325 e. The van der Waals surface area contributed by atoms with Crippen LogP contribution in [0.1, 0.15) is 33.3 Å². The second-order valence-electron chi connectivity index (χ2n) is 8.72. The van der Waals surface area contributed by atoms with Crippen LogP contribution in [-0.2, 0) is 6.54 Å². The fourth-order valence-electron chi connectivity index (χ4n) is 4.76. The smallest absolute Gasteiger partial charge is 0.325 e. The molecule has 1 unspecified atom stereocenters. The van der Waals surface area contributed by atoms with Gasteiger partial charge in [-0.25, -0.2) is 14.6 Å². The van der Waals surface area contributed by atoms with Gasteiger partial charge in [0.05, 0.1) is 24.9 Å². The number of carbonyl (C=O) groups is 2. The molecule has 36 heavy (non-hydrogen) atoms. The minimum atomic E-state index is -0.685. The molecule has 1 fully saturated rings. The summed E-state index contributed by atoms with van der Waals surface area (Å²) in [5, 5.41) is 13.9. The monoisotopic (exact) mass is 490 g/mol. The highest BCUT2D eigenvalue weighted by Gasteiger charge is 2.34. The van der Waals surface area contributed by atoms with Gasteiger partial charge in [0.2, 0.25) is 5.88 Å². The van der Waals surface area contributed by atoms with Crippen LogP contribution < -0.4 is 20.6 Å². The van der Waals surface area contributed by atoms with Gasteiger partial charge in [0.1, 0.15) is 17.3 Å². The molecule has 184 valence electrons. The number of hydrogen-bond donors (Lipinski definition) is 4. The Hall–Kier alpha value is -4.74. The van der Waals surface area contributed by atoms with Crippen LogP contribution in [0.3, 0.4) is 0 Å². The Kier molecular flexibility index (Phi) is 4.95. The lowest BCUT2D eigenvalue weighted by Crippen LogP contribution is -2.29. The first-order valence-electron chi connectivity index (χ1n) is 11.3. The van der Waals surface area contributed by atoms with Crippen LogP contribution in [0.15, 0.2) is 45.7 Å². The van der Waals surface area contributed by atoms with Crippen molar-refractivity contribution in [2.75, 3.05) is 31.6 Å². The van der Waals surface area contributed by atoms with Crippen molar-refractivity contribution < 1.29 is 23.8 Å². The number of amides is 3. The summed E-state index contributed by atoms with van der Waals surface area (Å²) < 4.78 is 11.3. The first-order valence-corrected chi connectivity index (χ1v) is 11.3. The summed E-state index contributed by atoms with van der Waals surface area (Å²) >= 11 is 0. The summed E-state index contributed by atoms with van der Waals surface area (Å²) in [6.45, 7) is 1.53. The van der Waals surface area contributed by atoms with Crippen molar-refractivity contribution in [2.45, 2.75) is 12.5 Å². The fraction of sp³-hybridized carbons (Fsp3) is 0.250. The molecule has 0 radical (unpaired) electrons. The van der Waals surface area contributed by atoms with Crippen molar-refractivity contribution in [1.82, 2.24) is 25.2 Å². The van der Waals surface area contributed by atoms with E-state index >= 15 is 0 Å². The van der Waals surface area contributed by atoms with E-state index < -0.39 is 11.6 Å². The summed E-state index contributed by atoms with van der Waals surface area (Å²) in [5.74, 6) is 0.283. The number of rotatable bonds is 6. The van der Waals surface area contributed by atoms with Gasteiger partial charge in [0, 0.05) is 37.1 Å². The van der Waals surface area contributed by atoms with E-state index in [0.717, 1.165) is 5.56 Å². The third-order valence-corrected chi connectivity index (χ3v) is 6.57. The molecule has 1 aromatic carbocycles. The van der Waals surface area contributed by atoms with Gasteiger partial charge in [-0.15, -0.1) is 0 Å². The molecule has 0 bridgehead atoms. The molecule has 4 N–H and O–H groups in total. The topological polar surface area (TPSA) is 157 Å². The molecule has 1 saturated heterocycles. The van der Waals surface area contributed by atoms with E-state index in [0.29, 0.717) is 53.5 Å². The fourth-order valence-corrected chi connectivity index (χ4v) is 4.76. The van der Waals surface area contributed by atoms with Gasteiger partial charge in [-0.05, 0) is 29.8 Å². The minimum Gasteiger partial charge on any atom is -0.497 e. The van der Waals surface area contributed by atoms with Crippen LogP contribution in [0, 0.1) is 0 Å². The number of methoxy groups -OCH3 is 1. The van der Waals surface area contributed by atoms with E-state index in [9.17, 15) is 19.5 Å². The van der Waals surface area contributed by atoms with Gasteiger partial charge in [-0.1, -0.05) is 6.07 Å². The molecule has 2 aliphatic heterocycles. The van der Waals surface area contributed by atoms with Gasteiger partial charge in [-0.3, -0.25) is 14.7 Å². The molecular formula is C24H22N6O6. The van der Waals surface area contributed by atoms with Crippen molar-refractivity contribution in [3.8, 4) is 11.6 Å². The molecule has 0 saturated carbocycles. The number of urea groups is 1. The second-order valence-corrected chi connectivity index (χ2v) is 8.72. The van der Waals surface area contributed by atoms with Gasteiger partial charge in [0.25, 0.3) is 5.91 Å². The summed E-state index contributed by atoms with van der Waals surface area (Å²) in [4.78, 5) is 49.6. The lowest BCUT2D eigenvalue weighted by atomic mass is 10.0. The maximum absolute atomic E-state index is 13.2. The number of hydrogen-bond acceptors (Lipinski definition) is 7. The van der Waals surface area contributed by atoms with Gasteiger partial charge in [0.15, 0.2) is 5.58 Å². The van der Waals surface area contributed by atoms with Gasteiger partial charge in [-0.2, -0.15) is 0 Å². The van der Waals surface area contributed by atoms with Crippen LogP contribution in [0.25, 0.3) is 11.0 Å². The number of carbonyl (C=O) groups excluding carboxylic acids is 2. The van der Waals surface area contributed by atoms with E-state index in [1.54, 1.807) is 29.2 Å². The van der Waals surface area contributed by atoms with Crippen molar-refractivity contribution in [3.05, 3.63) is 69.6 Å². The van der Waals surface area contributed by atoms with Gasteiger partial charge < -0.3 is 29.5 Å². The number of anilines is 1. The third kappa shape index (κ3) is 3.54. The molecule has 4 aromatic rings. The van der Waals surface area contributed by atoms with Crippen molar-refractivity contribution in [2.24, 2.45) is 0 Å². The molecule has 1 atom stereocenters. The zero-order valence-corrected chi connectivity index (χ0v) is 19.2. The Labute approximate surface area is 203 Å². The summed E-state index contributed by atoms with van der Waals surface area (Å²) in [6.07, 6.45) is 1.53. The molecule has 12 nitrogen and oxygen atoms in total. The zero-order chi connectivity index (χ0) is 25.0. The summed E-state index contributed by atoms with van der Waals surface area (Å²) in [6, 6.07) is 8.63. The molecule has 0 spiro atoms. The number of furan rings is 1. The largest absolute Gasteiger partial charge is 0.497 e. The Balaban J connectivity index is 1.37. The maximum atomic E-state index is 13.2. The number of H-pyrrole nitrogens is 2. The highest BCUT2D eigenvalue weighted by Crippen LogP contribution is 2.36. The van der Waals surface area contributed by atoms with E-state index in [2.05, 4.69) is 20.3 Å². The predicted molar refractivity (Wildman–Crippen MR) is 127 cm³/mol. The standard InChI is InChI=1S/C24H22N6O6/c1-35-14-3-2-12-10-29(22(32)15(12)8-14)11-16(20-21(31)28-23(33)27-20)17-6-13-7-19(26-9-18(13)36-17)30-5-4-25-24(30)34/h2-3,6-9,16,31H,4-5,10-11H2,1H3,(H,25,34)(H2,27,28,33). The molecule has 3 amide bonds. The highest BCUT2D eigenvalue weighted by molar-refractivity contribution is 5.99. The number of pyridine rings is 1. The van der Waals surface area contributed by atoms with E-state index in [1.165, 1.54) is 18.2 Å². The second kappa shape index (κ2) is 8.18. The number of nitrogens with one attached hydrogen (secondary N) is 3. The Morgan fingerprint density at radius 2 is 2.06 bits per heavy atom. The van der Waals surface area contributed by atoms with Crippen molar-refractivity contribution in [1.29, 1.82) is 0 Å². The zero-order valence-electron chi connectivity index (χ0n) is 19.2. The Morgan fingerprint density at radius 1 is 1.19 bits per heavy atom. The van der Waals surface area contributed by atoms with Crippen LogP contribution >= 0.6 is 0 Å². The van der Waals surface area contributed by atoms with Crippen molar-refractivity contribution in [3.63, 3.8) is 0 Å². The number of benzene rings is 1. The average molecular weight is 490 g/mol. The Bertz CT molecular complexity index is 1570. The van der Waals surface area contributed by atoms with E-state index in [-0.39, 0.29) is 30.1 Å². The quantitative estimate of drug-likeness (QED) is 0.321. The molecular weight excluding hydrogens is 468 g/mol. The number of nitrogens with zero attached hydrogens (tertiary/aromatic N) is 3. The number of aromatic nitrogens is 3. The summed E-state index contributed by atoms with van der Waals surface area (Å²) in [5.41, 5.74) is 1.49. The normalized spacial score (nSPS) is 16.0. The predicted octanol–water partition coefficient (Wildman–Crippen LogP) is 1.88. The lowest BCUT2D eigenvalue weighted by molar-refractivity contribution is 0.0769. The number of ether oxygens (including phenoxy) is 1. The Morgan fingerprint density at radius 3 is 2.78 bits per heavy atom. The average Bonchev–Trinajstić information content (AvgIpc) is 3.63. The van der Waals surface area contributed by atoms with Crippen LogP contribution in [0.5, 0.6) is 11.6 Å². The third-order valence-electron chi connectivity index (χ3n) is 6.57. The van der Waals surface area contributed by atoms with Crippen LogP contribution in [0.4, 0.5) is 10.6 Å². The molecule has 2 aliphatic rings. The SMILES string of the molecule is COc1ccc2c(c1)C(=O)N(CC(c1cc3cc(N4CCNC4=O)ncc3o1)c1[nH]c(=O)[nH]c1O)C2. The van der Waals surface area contributed by atoms with E-state index in [4.69, 9.17) is 9.15 Å². The van der Waals surface area contributed by atoms with Gasteiger partial charge >= 0.3 is 11.7 Å². The summed E-state index contributed by atoms with van der Waals surface area (Å²) in [7, 11) is 1.54. The number of aromatic hydroxyl groups is 1. The molecule has 6 rings (SSSR count). The highest BCUT2D eigenvalue weighted by atomic mass is 16.5. The first-order chi connectivity index (χ1) is 17.4. The molecule has 0 aliphatic carbocycles. The van der Waals surface area contributed by atoms with Crippen LogP contribution in [0.2, 0.25) is 0 Å². The molecule has 5 heterocycles. The number of aromatic amines is 2. The first kappa shape index (κ1) is 21.8. The lowest BCUT2D eigenvalue weighted by Gasteiger charge is -2.21. The number of fused-ring (bicyclic) bond motifs is 2. The minimum absolute atomic E-state index is 0.131. The number of imidazole rings is 1. The van der Waals surface area contributed by atoms with Crippen LogP contribution in [-0.4, -0.2) is 63.6 Å². The molecule has 12 heteroatoms. The molecule has 3 aromatic heterocycles. The van der Waals surface area contributed by atoms with E-state index in [1.807, 2.05) is 6.07 Å². The van der Waals surface area contributed by atoms with Crippen molar-refractivity contribution >= 4 is 28.7 Å².